The smallest absolute Gasteiger partial charge is 0.462 e. The Kier molecular flexibility index (Phi) is 59.4. The average Bonchev–Trinajstić information content (AvgIpc) is 3.26. The van der Waals surface area contributed by atoms with Gasteiger partial charge in [0, 0.05) is 25.7 Å². The molecule has 3 N–H and O–H groups in total. The molecule has 0 spiro atoms. The van der Waals surface area contributed by atoms with E-state index in [1.165, 1.54) is 148 Å². The van der Waals surface area contributed by atoms with Gasteiger partial charge in [0.05, 0.1) is 26.4 Å². The number of unbranched alkanes of at least 4 members (excludes halogenated alkanes) is 34. The van der Waals surface area contributed by atoms with Crippen molar-refractivity contribution in [3.05, 3.63) is 0 Å². The number of hydrogen-bond acceptors (Lipinski definition) is 15. The number of esters is 4. The third-order valence-electron chi connectivity index (χ3n) is 16.3. The lowest BCUT2D eigenvalue weighted by molar-refractivity contribution is -0.161. The molecule has 0 bridgehead atoms. The molecular weight excluding hydrogens is 1190 g/mol. The highest BCUT2D eigenvalue weighted by molar-refractivity contribution is 7.47. The molecule has 0 rings (SSSR count). The van der Waals surface area contributed by atoms with Gasteiger partial charge >= 0.3 is 39.5 Å². The molecule has 0 aromatic rings. The summed E-state index contributed by atoms with van der Waals surface area (Å²) in [5, 5.41) is 10.6. The summed E-state index contributed by atoms with van der Waals surface area (Å²) in [4.78, 5) is 72.5. The zero-order valence-corrected chi connectivity index (χ0v) is 60.6. The first-order valence-electron chi connectivity index (χ1n) is 36.7. The van der Waals surface area contributed by atoms with E-state index < -0.39 is 97.5 Å². The second-order valence-corrected chi connectivity index (χ2v) is 30.4. The van der Waals surface area contributed by atoms with Crippen LogP contribution in [0, 0.1) is 23.7 Å². The van der Waals surface area contributed by atoms with Crippen molar-refractivity contribution in [2.45, 2.75) is 369 Å². The highest BCUT2D eigenvalue weighted by atomic mass is 31.2. The van der Waals surface area contributed by atoms with Gasteiger partial charge in [-0.1, -0.05) is 299 Å². The van der Waals surface area contributed by atoms with Crippen molar-refractivity contribution < 1.29 is 80.2 Å². The van der Waals surface area contributed by atoms with Gasteiger partial charge in [-0.05, 0) is 49.4 Å². The van der Waals surface area contributed by atoms with Gasteiger partial charge < -0.3 is 33.8 Å². The third-order valence-corrected chi connectivity index (χ3v) is 18.2. The van der Waals surface area contributed by atoms with Gasteiger partial charge in [-0.2, -0.15) is 0 Å². The zero-order chi connectivity index (χ0) is 66.8. The van der Waals surface area contributed by atoms with E-state index in [0.29, 0.717) is 31.6 Å². The standard InChI is InChI=1S/C71H138O17P2/c1-61(2)47-39-31-23-17-13-11-9-10-12-14-19-26-35-43-51-68(73)81-57-66(87-70(75)53-45-37-27-20-16-15-18-24-32-40-48-62(3)4)59-85-89(77,78)83-55-65(72)56-84-90(79,80)86-60-67(58-82-69(74)52-44-36-30-29-34-42-50-64(7)8)88-71(76)54-46-38-28-22-21-25-33-41-49-63(5)6/h61-67,72H,9-60H2,1-8H3,(H,77,78)(H,79,80)/t65-,66-,67-/m1/s1. The first kappa shape index (κ1) is 88.1. The number of carbonyl (C=O) groups is 4. The van der Waals surface area contributed by atoms with Crippen molar-refractivity contribution in [3.63, 3.8) is 0 Å². The quantitative estimate of drug-likeness (QED) is 0.0222. The number of aliphatic hydroxyl groups excluding tert-OH is 1. The van der Waals surface area contributed by atoms with Gasteiger partial charge in [0.2, 0.25) is 0 Å². The molecule has 0 saturated heterocycles. The van der Waals surface area contributed by atoms with E-state index >= 15 is 0 Å². The molecule has 0 radical (unpaired) electrons. The maximum atomic E-state index is 13.0. The number of hydrogen-bond donors (Lipinski definition) is 3. The monoisotopic (exact) mass is 1320 g/mol. The second kappa shape index (κ2) is 60.7. The van der Waals surface area contributed by atoms with Crippen LogP contribution in [-0.4, -0.2) is 96.7 Å². The van der Waals surface area contributed by atoms with E-state index in [4.69, 9.17) is 37.0 Å². The lowest BCUT2D eigenvalue weighted by atomic mass is 10.0. The maximum Gasteiger partial charge on any atom is 0.472 e. The first-order valence-corrected chi connectivity index (χ1v) is 39.7. The molecule has 0 aliphatic carbocycles. The van der Waals surface area contributed by atoms with E-state index in [2.05, 4.69) is 55.4 Å². The Hall–Kier alpha value is -1.94. The van der Waals surface area contributed by atoms with Crippen LogP contribution in [0.15, 0.2) is 0 Å². The van der Waals surface area contributed by atoms with E-state index in [9.17, 15) is 43.2 Å². The van der Waals surface area contributed by atoms with Crippen LogP contribution in [0.5, 0.6) is 0 Å². The van der Waals surface area contributed by atoms with Crippen molar-refractivity contribution in [3.8, 4) is 0 Å². The number of phosphoric ester groups is 2. The molecular formula is C71H138O17P2. The first-order chi connectivity index (χ1) is 43.1. The van der Waals surface area contributed by atoms with Gasteiger partial charge in [-0.25, -0.2) is 9.13 Å². The molecule has 0 amide bonds. The molecule has 17 nitrogen and oxygen atoms in total. The Labute approximate surface area is 549 Å². The minimum Gasteiger partial charge on any atom is -0.462 e. The highest BCUT2D eigenvalue weighted by Gasteiger charge is 2.30. The van der Waals surface area contributed by atoms with Crippen LogP contribution in [0.1, 0.15) is 351 Å². The summed E-state index contributed by atoms with van der Waals surface area (Å²) in [7, 11) is -9.90. The number of rotatable bonds is 68. The Balaban J connectivity index is 5.22. The van der Waals surface area contributed by atoms with E-state index in [1.54, 1.807) is 0 Å². The third kappa shape index (κ3) is 64.8. The van der Waals surface area contributed by atoms with Gasteiger partial charge in [0.1, 0.15) is 19.3 Å². The molecule has 0 saturated carbocycles. The Morgan fingerprint density at radius 3 is 0.689 bits per heavy atom. The highest BCUT2D eigenvalue weighted by Crippen LogP contribution is 2.45. The summed E-state index contributed by atoms with van der Waals surface area (Å²) in [6.45, 7) is 14.0. The van der Waals surface area contributed by atoms with Gasteiger partial charge in [0.25, 0.3) is 0 Å². The Morgan fingerprint density at radius 2 is 0.467 bits per heavy atom. The molecule has 0 aromatic carbocycles. The maximum absolute atomic E-state index is 13.0. The van der Waals surface area contributed by atoms with E-state index in [0.717, 1.165) is 114 Å². The summed E-state index contributed by atoms with van der Waals surface area (Å²) in [5.74, 6) is 0.818. The Bertz CT molecular complexity index is 1780. The minimum absolute atomic E-state index is 0.103. The Morgan fingerprint density at radius 1 is 0.278 bits per heavy atom. The van der Waals surface area contributed by atoms with Crippen LogP contribution >= 0.6 is 15.6 Å². The van der Waals surface area contributed by atoms with Crippen molar-refractivity contribution in [1.29, 1.82) is 0 Å². The van der Waals surface area contributed by atoms with Gasteiger partial charge in [-0.3, -0.25) is 37.3 Å². The second-order valence-electron chi connectivity index (χ2n) is 27.5. The predicted molar refractivity (Wildman–Crippen MR) is 363 cm³/mol. The molecule has 2 unspecified atom stereocenters. The van der Waals surface area contributed by atoms with Crippen LogP contribution < -0.4 is 0 Å². The van der Waals surface area contributed by atoms with Crippen molar-refractivity contribution in [2.24, 2.45) is 23.7 Å². The minimum atomic E-state index is -4.95. The summed E-state index contributed by atoms with van der Waals surface area (Å²) < 4.78 is 68.3. The van der Waals surface area contributed by atoms with Crippen LogP contribution in [-0.2, 0) is 65.4 Å². The molecule has 0 fully saturated rings. The topological polar surface area (TPSA) is 237 Å². The van der Waals surface area contributed by atoms with Crippen LogP contribution in [0.25, 0.3) is 0 Å². The zero-order valence-electron chi connectivity index (χ0n) is 58.8. The fraction of sp³-hybridized carbons (Fsp3) is 0.944. The van der Waals surface area contributed by atoms with Crippen molar-refractivity contribution >= 4 is 39.5 Å². The number of aliphatic hydroxyl groups is 1. The predicted octanol–water partition coefficient (Wildman–Crippen LogP) is 20.1. The molecule has 534 valence electrons. The molecule has 0 heterocycles. The van der Waals surface area contributed by atoms with Crippen LogP contribution in [0.4, 0.5) is 0 Å². The molecule has 90 heavy (non-hydrogen) atoms. The van der Waals surface area contributed by atoms with E-state index in [-0.39, 0.29) is 25.7 Å². The molecule has 19 heteroatoms. The summed E-state index contributed by atoms with van der Waals surface area (Å²) in [6, 6.07) is 0. The van der Waals surface area contributed by atoms with Crippen molar-refractivity contribution in [2.75, 3.05) is 39.6 Å². The lowest BCUT2D eigenvalue weighted by Gasteiger charge is -2.21. The van der Waals surface area contributed by atoms with Crippen LogP contribution in [0.2, 0.25) is 0 Å². The number of ether oxygens (including phenoxy) is 4. The largest absolute Gasteiger partial charge is 0.472 e. The summed E-state index contributed by atoms with van der Waals surface area (Å²) >= 11 is 0. The molecule has 0 aliphatic rings. The van der Waals surface area contributed by atoms with Crippen molar-refractivity contribution in [1.82, 2.24) is 0 Å². The normalized spacial score (nSPS) is 14.3. The van der Waals surface area contributed by atoms with Crippen LogP contribution in [0.3, 0.4) is 0 Å². The molecule has 0 aromatic heterocycles. The lowest BCUT2D eigenvalue weighted by Crippen LogP contribution is -2.30. The summed E-state index contributed by atoms with van der Waals surface area (Å²) in [6.07, 6.45) is 43.3. The average molecular weight is 1330 g/mol. The summed E-state index contributed by atoms with van der Waals surface area (Å²) in [5.41, 5.74) is 0. The number of phosphoric acid groups is 2. The van der Waals surface area contributed by atoms with Gasteiger partial charge in [0.15, 0.2) is 12.2 Å². The van der Waals surface area contributed by atoms with Gasteiger partial charge in [-0.15, -0.1) is 0 Å². The fourth-order valence-electron chi connectivity index (χ4n) is 10.7. The fourth-order valence-corrected chi connectivity index (χ4v) is 12.2. The molecule has 5 atom stereocenters. The SMILES string of the molecule is CC(C)CCCCCCCCCCCCCCCCC(=O)OC[C@H](COP(=O)(O)OC[C@@H](O)COP(=O)(O)OC[C@@H](COC(=O)CCCCCCCCC(C)C)OC(=O)CCCCCCCCCCC(C)C)OC(=O)CCCCCCCCCCCCC(C)C. The molecule has 0 aliphatic heterocycles. The van der Waals surface area contributed by atoms with E-state index in [1.807, 2.05) is 0 Å². The number of carbonyl (C=O) groups excluding carboxylic acids is 4.